The molecule has 0 spiro atoms. The van der Waals surface area contributed by atoms with Crippen molar-refractivity contribution in [3.05, 3.63) is 71.8 Å². The number of fused-ring (bicyclic) bond motifs is 1. The number of hydrogen-bond donors (Lipinski definition) is 3. The summed E-state index contributed by atoms with van der Waals surface area (Å²) in [6.45, 7) is 5.38. The summed E-state index contributed by atoms with van der Waals surface area (Å²) < 4.78 is 22.8. The van der Waals surface area contributed by atoms with E-state index >= 15 is 0 Å². The number of nitrogens with one attached hydrogen (secondary N) is 1. The van der Waals surface area contributed by atoms with Crippen molar-refractivity contribution in [1.29, 1.82) is 0 Å². The highest BCUT2D eigenvalue weighted by molar-refractivity contribution is 7.76. The van der Waals surface area contributed by atoms with Crippen molar-refractivity contribution in [2.45, 2.75) is 26.3 Å². The van der Waals surface area contributed by atoms with E-state index in [0.717, 1.165) is 33.3 Å². The van der Waals surface area contributed by atoms with Gasteiger partial charge in [-0.1, -0.05) is 30.0 Å². The van der Waals surface area contributed by atoms with Crippen LogP contribution < -0.4 is 10.2 Å². The van der Waals surface area contributed by atoms with E-state index in [4.69, 9.17) is 5.11 Å². The van der Waals surface area contributed by atoms with Gasteiger partial charge in [-0.2, -0.15) is 0 Å². The molecular formula is C28H30N4O5S. The van der Waals surface area contributed by atoms with Crippen LogP contribution in [0.25, 0.3) is 10.8 Å². The Bertz CT molecular complexity index is 1410. The number of carbonyl (C=O) groups excluding carboxylic acids is 1. The van der Waals surface area contributed by atoms with Crippen LogP contribution in [-0.2, 0) is 20.9 Å². The fourth-order valence-electron chi connectivity index (χ4n) is 4.56. The predicted octanol–water partition coefficient (Wildman–Crippen LogP) is 3.54. The van der Waals surface area contributed by atoms with Crippen LogP contribution in [0.1, 0.15) is 31.4 Å². The number of rotatable bonds is 7. The number of carbonyl (C=O) groups is 2. The summed E-state index contributed by atoms with van der Waals surface area (Å²) >= 11 is -2.29. The maximum atomic E-state index is 11.9. The van der Waals surface area contributed by atoms with Crippen LogP contribution in [0.15, 0.2) is 60.7 Å². The van der Waals surface area contributed by atoms with Gasteiger partial charge in [0.15, 0.2) is 0 Å². The predicted molar refractivity (Wildman–Crippen MR) is 149 cm³/mol. The van der Waals surface area contributed by atoms with Gasteiger partial charge in [0.2, 0.25) is 17.2 Å². The lowest BCUT2D eigenvalue weighted by Gasteiger charge is -2.41. The zero-order valence-corrected chi connectivity index (χ0v) is 22.1. The summed E-state index contributed by atoms with van der Waals surface area (Å²) in [6, 6.07) is 19.0. The molecule has 2 atom stereocenters. The van der Waals surface area contributed by atoms with Gasteiger partial charge in [0.1, 0.15) is 0 Å². The second-order valence-corrected chi connectivity index (χ2v) is 9.98. The number of piperazine rings is 1. The van der Waals surface area contributed by atoms with Crippen LogP contribution in [-0.4, -0.2) is 67.4 Å². The largest absolute Gasteiger partial charge is 0.481 e. The lowest BCUT2D eigenvalue weighted by Crippen LogP contribution is -2.57. The first-order valence-corrected chi connectivity index (χ1v) is 13.3. The van der Waals surface area contributed by atoms with Crippen molar-refractivity contribution in [3.8, 4) is 11.8 Å². The van der Waals surface area contributed by atoms with Gasteiger partial charge in [-0.25, -0.2) is 9.22 Å². The third-order valence-electron chi connectivity index (χ3n) is 6.32. The highest BCUT2D eigenvalue weighted by Gasteiger charge is 2.30. The Hall–Kier alpha value is -3.75. The molecule has 1 saturated heterocycles. The number of nitrogens with zero attached hydrogens (tertiary/aromatic N) is 3. The summed E-state index contributed by atoms with van der Waals surface area (Å²) in [6.07, 6.45) is -0.218. The number of amides is 1. The first-order valence-electron chi connectivity index (χ1n) is 12.3. The van der Waals surface area contributed by atoms with Crippen LogP contribution in [0.2, 0.25) is 0 Å². The number of hydrazine groups is 1. The molecule has 1 fully saturated rings. The lowest BCUT2D eigenvalue weighted by molar-refractivity contribution is -0.139. The molecule has 1 aliphatic rings. The topological polar surface area (TPSA) is 113 Å². The minimum absolute atomic E-state index is 0.121. The van der Waals surface area contributed by atoms with Gasteiger partial charge in [-0.15, -0.1) is 4.41 Å². The van der Waals surface area contributed by atoms with Gasteiger partial charge in [-0.05, 0) is 54.8 Å². The van der Waals surface area contributed by atoms with Crippen molar-refractivity contribution in [2.75, 3.05) is 36.4 Å². The maximum absolute atomic E-state index is 11.9. The monoisotopic (exact) mass is 534 g/mol. The number of aliphatic carboxylic acids is 1. The van der Waals surface area contributed by atoms with Crippen molar-refractivity contribution >= 4 is 45.3 Å². The summed E-state index contributed by atoms with van der Waals surface area (Å²) in [5.74, 6) is 5.27. The van der Waals surface area contributed by atoms with Crippen molar-refractivity contribution in [1.82, 2.24) is 9.42 Å². The molecule has 2 unspecified atom stereocenters. The van der Waals surface area contributed by atoms with E-state index in [1.54, 1.807) is 11.9 Å². The number of carboxylic acid groups (broad SMARTS) is 1. The smallest absolute Gasteiger partial charge is 0.305 e. The molecule has 0 aliphatic carbocycles. The molecule has 4 rings (SSSR count). The summed E-state index contributed by atoms with van der Waals surface area (Å²) in [5, 5.41) is 15.6. The van der Waals surface area contributed by atoms with Crippen LogP contribution in [0.5, 0.6) is 0 Å². The van der Waals surface area contributed by atoms with Crippen molar-refractivity contribution in [2.24, 2.45) is 0 Å². The quantitative estimate of drug-likeness (QED) is 0.314. The second kappa shape index (κ2) is 12.2. The van der Waals surface area contributed by atoms with E-state index in [0.29, 0.717) is 26.2 Å². The number of anilines is 2. The van der Waals surface area contributed by atoms with Gasteiger partial charge in [0.05, 0.1) is 6.42 Å². The molecule has 3 aromatic carbocycles. The van der Waals surface area contributed by atoms with Gasteiger partial charge >= 0.3 is 5.97 Å². The van der Waals surface area contributed by atoms with E-state index < -0.39 is 23.3 Å². The lowest BCUT2D eigenvalue weighted by atomic mass is 10.0. The molecule has 1 heterocycles. The minimum atomic E-state index is -2.29. The molecule has 198 valence electrons. The highest BCUT2D eigenvalue weighted by atomic mass is 32.2. The van der Waals surface area contributed by atoms with E-state index in [1.807, 2.05) is 60.7 Å². The number of benzene rings is 3. The number of hydrogen-bond acceptors (Lipinski definition) is 5. The van der Waals surface area contributed by atoms with Gasteiger partial charge in [0, 0.05) is 67.0 Å². The average molecular weight is 535 g/mol. The van der Waals surface area contributed by atoms with Crippen LogP contribution >= 0.6 is 0 Å². The summed E-state index contributed by atoms with van der Waals surface area (Å²) in [5.41, 5.74) is 3.49. The molecule has 38 heavy (non-hydrogen) atoms. The van der Waals surface area contributed by atoms with E-state index in [1.165, 1.54) is 11.3 Å². The molecule has 0 saturated carbocycles. The molecule has 1 amide bonds. The molecule has 1 aliphatic heterocycles. The second-order valence-electron chi connectivity index (χ2n) is 9.14. The Kier molecular flexibility index (Phi) is 8.76. The molecule has 10 heteroatoms. The molecule has 0 radical (unpaired) electrons. The van der Waals surface area contributed by atoms with Gasteiger partial charge in [-0.3, -0.25) is 14.1 Å². The molecular weight excluding hydrogens is 504 g/mol. The Morgan fingerprint density at radius 2 is 1.68 bits per heavy atom. The first-order chi connectivity index (χ1) is 18.2. The zero-order valence-electron chi connectivity index (χ0n) is 21.3. The van der Waals surface area contributed by atoms with Crippen LogP contribution in [0.4, 0.5) is 11.4 Å². The molecule has 0 bridgehead atoms. The normalized spacial score (nSPS) is 15.5. The van der Waals surface area contributed by atoms with E-state index in [-0.39, 0.29) is 12.3 Å². The Labute approximate surface area is 224 Å². The fraction of sp³-hybridized carbons (Fsp3) is 0.286. The van der Waals surface area contributed by atoms with Crippen molar-refractivity contribution in [3.63, 3.8) is 0 Å². The fourth-order valence-corrected chi connectivity index (χ4v) is 5.31. The molecule has 3 aromatic rings. The van der Waals surface area contributed by atoms with Gasteiger partial charge in [0.25, 0.3) is 0 Å². The third-order valence-corrected chi connectivity index (χ3v) is 7.23. The first kappa shape index (κ1) is 27.3. The highest BCUT2D eigenvalue weighted by Crippen LogP contribution is 2.25. The van der Waals surface area contributed by atoms with E-state index in [9.17, 15) is 18.4 Å². The maximum Gasteiger partial charge on any atom is 0.305 e. The molecule has 0 aromatic heterocycles. The Balaban J connectivity index is 1.41. The zero-order chi connectivity index (χ0) is 27.2. The SMILES string of the molecule is CC(=O)Nc1cccc2ccc(C#Cc3ccc(N4CCN(N(C(C)CC(=O)O)S(=O)O)CC4)cc3)cc12. The van der Waals surface area contributed by atoms with Gasteiger partial charge < -0.3 is 15.3 Å². The van der Waals surface area contributed by atoms with E-state index in [2.05, 4.69) is 22.1 Å². The molecule has 3 N–H and O–H groups in total. The summed E-state index contributed by atoms with van der Waals surface area (Å²) in [7, 11) is 0. The minimum Gasteiger partial charge on any atom is -0.481 e. The van der Waals surface area contributed by atoms with Crippen LogP contribution in [0, 0.1) is 11.8 Å². The average Bonchev–Trinajstić information content (AvgIpc) is 2.87. The summed E-state index contributed by atoms with van der Waals surface area (Å²) in [4.78, 5) is 24.8. The third kappa shape index (κ3) is 6.76. The van der Waals surface area contributed by atoms with Crippen LogP contribution in [0.3, 0.4) is 0 Å². The van der Waals surface area contributed by atoms with Crippen molar-refractivity contribution < 1.29 is 23.5 Å². The molecule has 9 nitrogen and oxygen atoms in total. The standard InChI is InChI=1S/C28H30N4O5S/c1-20(18-28(34)35)32(38(36)37)31-16-14-30(15-17-31)25-12-9-22(10-13-25)6-7-23-8-11-24-4-3-5-27(26(24)19-23)29-21(2)33/h3-5,8-13,19-20H,14-18H2,1-2H3,(H,29,33)(H,34,35)(H,36,37). The Morgan fingerprint density at radius 3 is 2.32 bits per heavy atom. The number of carboxylic acids is 1. The Morgan fingerprint density at radius 1 is 1.03 bits per heavy atom.